The highest BCUT2D eigenvalue weighted by Gasteiger charge is 2.38. The number of fused-ring (bicyclic) bond motifs is 3. The van der Waals surface area contributed by atoms with Crippen LogP contribution >= 0.6 is 0 Å². The number of pyridine rings is 1. The summed E-state index contributed by atoms with van der Waals surface area (Å²) in [5.74, 6) is -5.44. The second-order valence-electron chi connectivity index (χ2n) is 7.81. The normalized spacial score (nSPS) is 11.8. The number of aromatic nitrogens is 3. The van der Waals surface area contributed by atoms with Crippen molar-refractivity contribution in [1.82, 2.24) is 15.2 Å². The van der Waals surface area contributed by atoms with Crippen LogP contribution in [0.3, 0.4) is 0 Å². The number of anilines is 2. The molecule has 0 atom stereocenters. The molecule has 1 amide bonds. The lowest BCUT2D eigenvalue weighted by Gasteiger charge is -2.21. The summed E-state index contributed by atoms with van der Waals surface area (Å²) in [6, 6.07) is 9.58. The minimum atomic E-state index is -5.08. The second kappa shape index (κ2) is 12.1. The summed E-state index contributed by atoms with van der Waals surface area (Å²) in [5, 5.41) is 33.7. The molecule has 0 radical (unpaired) electrons. The van der Waals surface area contributed by atoms with Gasteiger partial charge in [0.1, 0.15) is 17.5 Å². The number of alkyl halides is 6. The molecule has 0 bridgehead atoms. The summed E-state index contributed by atoms with van der Waals surface area (Å²) in [7, 11) is 0. The maximum Gasteiger partial charge on any atom is 0.490 e. The van der Waals surface area contributed by atoms with Crippen molar-refractivity contribution in [2.45, 2.75) is 32.1 Å². The summed E-state index contributed by atoms with van der Waals surface area (Å²) in [5.41, 5.74) is 12.6. The van der Waals surface area contributed by atoms with Crippen LogP contribution in [-0.2, 0) is 27.2 Å². The van der Waals surface area contributed by atoms with Gasteiger partial charge in [0.25, 0.3) is 0 Å². The number of aromatic amines is 1. The number of carboxylic acid groups (broad SMARTS) is 2. The Balaban J connectivity index is 0.000000333. The first-order valence-corrected chi connectivity index (χ1v) is 10.7. The predicted octanol–water partition coefficient (Wildman–Crippen LogP) is 3.92. The molecular weight excluding hydrogens is 554 g/mol. The van der Waals surface area contributed by atoms with E-state index in [9.17, 15) is 36.4 Å². The molecule has 40 heavy (non-hydrogen) atoms. The average molecular weight is 572 g/mol. The highest BCUT2D eigenvalue weighted by Crippen LogP contribution is 2.40. The maximum atomic E-state index is 11.2. The zero-order chi connectivity index (χ0) is 30.4. The predicted molar refractivity (Wildman–Crippen MR) is 125 cm³/mol. The van der Waals surface area contributed by atoms with Gasteiger partial charge in [0.2, 0.25) is 5.91 Å². The number of nitrogen functional groups attached to an aromatic ring is 1. The summed E-state index contributed by atoms with van der Waals surface area (Å²) >= 11 is 0. The van der Waals surface area contributed by atoms with Crippen molar-refractivity contribution < 1.29 is 50.9 Å². The van der Waals surface area contributed by atoms with Crippen LogP contribution in [0.1, 0.15) is 23.7 Å². The number of aryl methyl sites for hydroxylation is 1. The highest BCUT2D eigenvalue weighted by molar-refractivity contribution is 5.90. The number of carbonyl (C=O) groups excluding carboxylic acids is 1. The molecule has 0 saturated carbocycles. The highest BCUT2D eigenvalue weighted by atomic mass is 19.4. The van der Waals surface area contributed by atoms with E-state index >= 15 is 0 Å². The van der Waals surface area contributed by atoms with E-state index in [1.54, 1.807) is 6.20 Å². The smallest absolute Gasteiger partial charge is 0.475 e. The number of amides is 1. The van der Waals surface area contributed by atoms with Crippen LogP contribution in [-0.4, -0.2) is 55.6 Å². The van der Waals surface area contributed by atoms with E-state index in [2.05, 4.69) is 26.6 Å². The zero-order valence-electron chi connectivity index (χ0n) is 20.1. The topological polar surface area (TPSA) is 195 Å². The average Bonchev–Trinajstić information content (AvgIpc) is 3.32. The van der Waals surface area contributed by atoms with Crippen molar-refractivity contribution in [1.29, 1.82) is 5.26 Å². The molecule has 212 valence electrons. The molecular formula is C23H18F6N6O5. The fourth-order valence-electron chi connectivity index (χ4n) is 3.42. The molecule has 2 aromatic heterocycles. The Kier molecular flexibility index (Phi) is 9.44. The molecule has 1 aliphatic rings. The van der Waals surface area contributed by atoms with E-state index < -0.39 is 24.3 Å². The standard InChI is InChI=1S/C19H16N6O.2C2HF3O2/c1-10(26)23-12-4-2-11(3-5-12)17-13-6-7-16-15(9-22-25-16)18(13)24-19(21)14(17)8-20;2*3-2(4,5)1(6)7/h2-5,9H,6-7H2,1H3,(H2,21,24)(H,22,25)(H,23,26);2*(H,6,7). The number of nitrogens with two attached hydrogens (primary N) is 1. The number of hydrogen-bond acceptors (Lipinski definition) is 7. The molecule has 1 aliphatic carbocycles. The number of aliphatic carboxylic acids is 2. The number of carboxylic acids is 2. The number of carbonyl (C=O) groups is 3. The third-order valence-electron chi connectivity index (χ3n) is 5.02. The van der Waals surface area contributed by atoms with Gasteiger partial charge in [0, 0.05) is 29.4 Å². The summed E-state index contributed by atoms with van der Waals surface area (Å²) < 4.78 is 63.5. The van der Waals surface area contributed by atoms with Gasteiger partial charge in [-0.05, 0) is 36.1 Å². The van der Waals surface area contributed by atoms with Crippen molar-refractivity contribution in [3.63, 3.8) is 0 Å². The zero-order valence-corrected chi connectivity index (χ0v) is 20.1. The Morgan fingerprint density at radius 3 is 2.00 bits per heavy atom. The molecule has 17 heteroatoms. The molecule has 6 N–H and O–H groups in total. The van der Waals surface area contributed by atoms with Crippen molar-refractivity contribution in [3.8, 4) is 28.5 Å². The van der Waals surface area contributed by atoms with E-state index in [4.69, 9.17) is 25.5 Å². The molecule has 4 rings (SSSR count). The number of halogens is 6. The minimum Gasteiger partial charge on any atom is -0.475 e. The molecule has 0 fully saturated rings. The van der Waals surface area contributed by atoms with Gasteiger partial charge < -0.3 is 21.3 Å². The van der Waals surface area contributed by atoms with E-state index in [0.717, 1.165) is 46.5 Å². The van der Waals surface area contributed by atoms with E-state index in [-0.39, 0.29) is 11.7 Å². The lowest BCUT2D eigenvalue weighted by Crippen LogP contribution is -2.21. The minimum absolute atomic E-state index is 0.131. The molecule has 1 aromatic carbocycles. The van der Waals surface area contributed by atoms with Gasteiger partial charge in [-0.15, -0.1) is 0 Å². The van der Waals surface area contributed by atoms with Crippen molar-refractivity contribution in [2.75, 3.05) is 11.1 Å². The first-order valence-electron chi connectivity index (χ1n) is 10.7. The molecule has 3 aromatic rings. The first kappa shape index (κ1) is 31.1. The number of rotatable bonds is 2. The number of H-pyrrole nitrogens is 1. The van der Waals surface area contributed by atoms with Crippen LogP contribution in [0.4, 0.5) is 37.8 Å². The Labute approximate surface area is 220 Å². The molecule has 0 saturated heterocycles. The summed E-state index contributed by atoms with van der Waals surface area (Å²) in [6.07, 6.45) is -6.87. The lowest BCUT2D eigenvalue weighted by atomic mass is 9.86. The molecule has 0 aliphatic heterocycles. The quantitative estimate of drug-likeness (QED) is 0.283. The lowest BCUT2D eigenvalue weighted by molar-refractivity contribution is -0.193. The van der Waals surface area contributed by atoms with Gasteiger partial charge in [0.05, 0.1) is 11.9 Å². The van der Waals surface area contributed by atoms with Gasteiger partial charge >= 0.3 is 24.3 Å². The van der Waals surface area contributed by atoms with Gasteiger partial charge in [-0.1, -0.05) is 12.1 Å². The largest absolute Gasteiger partial charge is 0.490 e. The Morgan fingerprint density at radius 1 is 1.02 bits per heavy atom. The maximum absolute atomic E-state index is 11.2. The van der Waals surface area contributed by atoms with Crippen LogP contribution < -0.4 is 11.1 Å². The van der Waals surface area contributed by atoms with E-state index in [1.807, 2.05) is 24.3 Å². The number of nitrogens with one attached hydrogen (secondary N) is 2. The Morgan fingerprint density at radius 2 is 1.55 bits per heavy atom. The van der Waals surface area contributed by atoms with Crippen LogP contribution in [0, 0.1) is 11.3 Å². The van der Waals surface area contributed by atoms with Crippen LogP contribution in [0.5, 0.6) is 0 Å². The molecule has 0 spiro atoms. The fraction of sp³-hybridized carbons (Fsp3) is 0.217. The third kappa shape index (κ3) is 7.69. The monoisotopic (exact) mass is 572 g/mol. The van der Waals surface area contributed by atoms with Crippen molar-refractivity contribution >= 4 is 29.4 Å². The van der Waals surface area contributed by atoms with Gasteiger partial charge in [-0.2, -0.15) is 36.7 Å². The number of hydrogen-bond donors (Lipinski definition) is 5. The number of benzene rings is 1. The van der Waals surface area contributed by atoms with Crippen molar-refractivity contribution in [3.05, 3.63) is 47.3 Å². The Hall–Kier alpha value is -5.14. The third-order valence-corrected chi connectivity index (χ3v) is 5.02. The SMILES string of the molecule is CC(=O)Nc1ccc(-c2c(C#N)c(N)nc3c2CCc2[nH]ncc2-3)cc1.O=C(O)C(F)(F)F.O=C(O)C(F)(F)F. The molecule has 11 nitrogen and oxygen atoms in total. The molecule has 0 unspecified atom stereocenters. The molecule has 2 heterocycles. The van der Waals surface area contributed by atoms with Gasteiger partial charge in [0.15, 0.2) is 0 Å². The van der Waals surface area contributed by atoms with Crippen LogP contribution in [0.25, 0.3) is 22.4 Å². The van der Waals surface area contributed by atoms with Crippen LogP contribution in [0.15, 0.2) is 30.5 Å². The summed E-state index contributed by atoms with van der Waals surface area (Å²) in [6.45, 7) is 1.46. The summed E-state index contributed by atoms with van der Waals surface area (Å²) in [4.78, 5) is 33.5. The van der Waals surface area contributed by atoms with E-state index in [0.29, 0.717) is 11.3 Å². The Bertz CT molecular complexity index is 1440. The fourth-order valence-corrected chi connectivity index (χ4v) is 3.42. The number of nitrogens with zero attached hydrogens (tertiary/aromatic N) is 3. The van der Waals surface area contributed by atoms with Crippen LogP contribution in [0.2, 0.25) is 0 Å². The van der Waals surface area contributed by atoms with Gasteiger partial charge in [-0.25, -0.2) is 14.6 Å². The van der Waals surface area contributed by atoms with Crippen molar-refractivity contribution in [2.24, 2.45) is 0 Å². The first-order chi connectivity index (χ1) is 18.5. The number of nitriles is 1. The van der Waals surface area contributed by atoms with E-state index in [1.165, 1.54) is 6.92 Å². The second-order valence-corrected chi connectivity index (χ2v) is 7.81. The van der Waals surface area contributed by atoms with Gasteiger partial charge in [-0.3, -0.25) is 9.89 Å².